The monoisotopic (exact) mass is 378 g/mol. The van der Waals surface area contributed by atoms with Gasteiger partial charge in [0.2, 0.25) is 0 Å². The molecule has 0 fully saturated rings. The summed E-state index contributed by atoms with van der Waals surface area (Å²) in [5, 5.41) is 0. The SMILES string of the molecule is CCOc1ccc(-c2cc(CN(C(=O)c3cn(C)cn3)C(C)C)ccn2)cc1. The maximum Gasteiger partial charge on any atom is 0.274 e. The van der Waals surface area contributed by atoms with Crippen LogP contribution in [0.2, 0.25) is 0 Å². The van der Waals surface area contributed by atoms with Crippen molar-refractivity contribution >= 4 is 5.91 Å². The third-order valence-corrected chi connectivity index (χ3v) is 4.45. The topological polar surface area (TPSA) is 60.2 Å². The number of pyridine rings is 1. The summed E-state index contributed by atoms with van der Waals surface area (Å²) in [5.74, 6) is 0.768. The molecule has 0 saturated carbocycles. The fraction of sp³-hybridized carbons (Fsp3) is 0.318. The van der Waals surface area contributed by atoms with Gasteiger partial charge in [0.25, 0.3) is 5.91 Å². The van der Waals surface area contributed by atoms with Gasteiger partial charge in [0.05, 0.1) is 18.6 Å². The fourth-order valence-corrected chi connectivity index (χ4v) is 2.98. The van der Waals surface area contributed by atoms with Crippen molar-refractivity contribution in [1.82, 2.24) is 19.4 Å². The van der Waals surface area contributed by atoms with E-state index in [1.54, 1.807) is 23.3 Å². The second-order valence-corrected chi connectivity index (χ2v) is 6.96. The molecular weight excluding hydrogens is 352 g/mol. The summed E-state index contributed by atoms with van der Waals surface area (Å²) in [7, 11) is 1.86. The van der Waals surface area contributed by atoms with Gasteiger partial charge in [-0.1, -0.05) is 0 Å². The minimum atomic E-state index is -0.0740. The molecule has 0 saturated heterocycles. The van der Waals surface area contributed by atoms with Crippen molar-refractivity contribution in [3.05, 3.63) is 66.4 Å². The lowest BCUT2D eigenvalue weighted by molar-refractivity contribution is 0.0684. The number of hydrogen-bond donors (Lipinski definition) is 0. The van der Waals surface area contributed by atoms with E-state index in [0.717, 1.165) is 22.6 Å². The highest BCUT2D eigenvalue weighted by Crippen LogP contribution is 2.22. The van der Waals surface area contributed by atoms with Crippen molar-refractivity contribution in [2.75, 3.05) is 6.61 Å². The molecule has 0 N–H and O–H groups in total. The van der Waals surface area contributed by atoms with Gasteiger partial charge in [-0.2, -0.15) is 0 Å². The van der Waals surface area contributed by atoms with Gasteiger partial charge in [0.15, 0.2) is 0 Å². The molecule has 0 aliphatic heterocycles. The molecule has 146 valence electrons. The number of benzene rings is 1. The van der Waals surface area contributed by atoms with Crippen LogP contribution in [0.5, 0.6) is 5.75 Å². The summed E-state index contributed by atoms with van der Waals surface area (Å²) in [5.41, 5.74) is 3.36. The molecule has 0 atom stereocenters. The van der Waals surface area contributed by atoms with E-state index in [0.29, 0.717) is 18.8 Å². The second-order valence-electron chi connectivity index (χ2n) is 6.96. The van der Waals surface area contributed by atoms with E-state index in [2.05, 4.69) is 9.97 Å². The standard InChI is InChI=1S/C22H26N4O2/c1-5-28-19-8-6-18(7-9-19)20-12-17(10-11-23-20)13-26(16(2)3)22(27)21-14-25(4)15-24-21/h6-12,14-16H,5,13H2,1-4H3. The molecule has 3 aromatic rings. The molecule has 6 nitrogen and oxygen atoms in total. The molecule has 28 heavy (non-hydrogen) atoms. The van der Waals surface area contributed by atoms with Crippen molar-refractivity contribution < 1.29 is 9.53 Å². The van der Waals surface area contributed by atoms with E-state index in [4.69, 9.17) is 4.74 Å². The molecule has 0 spiro atoms. The average Bonchev–Trinajstić information content (AvgIpc) is 3.13. The van der Waals surface area contributed by atoms with Gasteiger partial charge in [0.1, 0.15) is 11.4 Å². The first kappa shape index (κ1) is 19.6. The van der Waals surface area contributed by atoms with Crippen LogP contribution in [-0.2, 0) is 13.6 Å². The third kappa shape index (κ3) is 4.57. The average molecular weight is 378 g/mol. The predicted octanol–water partition coefficient (Wildman–Crippen LogP) is 3.93. The van der Waals surface area contributed by atoms with Gasteiger partial charge < -0.3 is 14.2 Å². The summed E-state index contributed by atoms with van der Waals surface area (Å²) in [6, 6.07) is 11.9. The van der Waals surface area contributed by atoms with Crippen LogP contribution in [0.15, 0.2) is 55.1 Å². The molecule has 1 aromatic carbocycles. The Morgan fingerprint density at radius 3 is 2.54 bits per heavy atom. The fourth-order valence-electron chi connectivity index (χ4n) is 2.98. The Bertz CT molecular complexity index is 932. The molecule has 0 aliphatic rings. The van der Waals surface area contributed by atoms with Crippen molar-refractivity contribution in [3.8, 4) is 17.0 Å². The molecule has 0 radical (unpaired) electrons. The van der Waals surface area contributed by atoms with Crippen LogP contribution in [0.25, 0.3) is 11.3 Å². The largest absolute Gasteiger partial charge is 0.494 e. The summed E-state index contributed by atoms with van der Waals surface area (Å²) >= 11 is 0. The zero-order valence-corrected chi connectivity index (χ0v) is 16.8. The molecule has 0 bridgehead atoms. The number of aryl methyl sites for hydroxylation is 1. The number of carbonyl (C=O) groups excluding carboxylic acids is 1. The minimum Gasteiger partial charge on any atom is -0.494 e. The number of aromatic nitrogens is 3. The zero-order valence-electron chi connectivity index (χ0n) is 16.8. The molecule has 6 heteroatoms. The molecule has 0 aliphatic carbocycles. The van der Waals surface area contributed by atoms with Crippen LogP contribution in [-0.4, -0.2) is 38.0 Å². The zero-order chi connectivity index (χ0) is 20.1. The first-order chi connectivity index (χ1) is 13.5. The maximum absolute atomic E-state index is 12.9. The smallest absolute Gasteiger partial charge is 0.274 e. The normalized spacial score (nSPS) is 10.9. The number of carbonyl (C=O) groups is 1. The number of ether oxygens (including phenoxy) is 1. The number of amides is 1. The first-order valence-electron chi connectivity index (χ1n) is 9.45. The summed E-state index contributed by atoms with van der Waals surface area (Å²) < 4.78 is 7.28. The van der Waals surface area contributed by atoms with E-state index < -0.39 is 0 Å². The van der Waals surface area contributed by atoms with E-state index in [-0.39, 0.29) is 11.9 Å². The van der Waals surface area contributed by atoms with Crippen LogP contribution < -0.4 is 4.74 Å². The van der Waals surface area contributed by atoms with Gasteiger partial charge >= 0.3 is 0 Å². The number of hydrogen-bond acceptors (Lipinski definition) is 4. The van der Waals surface area contributed by atoms with Crippen molar-refractivity contribution in [2.45, 2.75) is 33.4 Å². The van der Waals surface area contributed by atoms with Crippen molar-refractivity contribution in [1.29, 1.82) is 0 Å². The van der Waals surface area contributed by atoms with Crippen molar-refractivity contribution in [2.24, 2.45) is 7.05 Å². The number of nitrogens with zero attached hydrogens (tertiary/aromatic N) is 4. The lowest BCUT2D eigenvalue weighted by atomic mass is 10.1. The van der Waals surface area contributed by atoms with E-state index >= 15 is 0 Å². The molecule has 0 unspecified atom stereocenters. The highest BCUT2D eigenvalue weighted by Gasteiger charge is 2.21. The quantitative estimate of drug-likeness (QED) is 0.625. The summed E-state index contributed by atoms with van der Waals surface area (Å²) in [6.45, 7) is 7.12. The third-order valence-electron chi connectivity index (χ3n) is 4.45. The van der Waals surface area contributed by atoms with Gasteiger partial charge in [0, 0.05) is 37.6 Å². The Morgan fingerprint density at radius 2 is 1.93 bits per heavy atom. The molecular formula is C22H26N4O2. The second kappa shape index (κ2) is 8.69. The maximum atomic E-state index is 12.9. The Morgan fingerprint density at radius 1 is 1.18 bits per heavy atom. The van der Waals surface area contributed by atoms with Crippen LogP contribution >= 0.6 is 0 Å². The Balaban J connectivity index is 1.81. The molecule has 2 heterocycles. The van der Waals surface area contributed by atoms with Crippen LogP contribution in [0.1, 0.15) is 36.8 Å². The van der Waals surface area contributed by atoms with E-state index in [9.17, 15) is 4.79 Å². The Hall–Kier alpha value is -3.15. The Labute approximate surface area is 165 Å². The lowest BCUT2D eigenvalue weighted by Gasteiger charge is -2.26. The Kier molecular flexibility index (Phi) is 6.09. The van der Waals surface area contributed by atoms with Crippen LogP contribution in [0.4, 0.5) is 0 Å². The van der Waals surface area contributed by atoms with Crippen molar-refractivity contribution in [3.63, 3.8) is 0 Å². The summed E-state index contributed by atoms with van der Waals surface area (Å²) in [6.07, 6.45) is 5.17. The predicted molar refractivity (Wildman–Crippen MR) is 109 cm³/mol. The highest BCUT2D eigenvalue weighted by atomic mass is 16.5. The van der Waals surface area contributed by atoms with Crippen LogP contribution in [0.3, 0.4) is 0 Å². The van der Waals surface area contributed by atoms with E-state index in [1.165, 1.54) is 0 Å². The van der Waals surface area contributed by atoms with Crippen LogP contribution in [0, 0.1) is 0 Å². The van der Waals surface area contributed by atoms with Gasteiger partial charge in [-0.15, -0.1) is 0 Å². The molecule has 3 rings (SSSR count). The molecule has 2 aromatic heterocycles. The lowest BCUT2D eigenvalue weighted by Crippen LogP contribution is -2.36. The minimum absolute atomic E-state index is 0.0524. The number of imidazole rings is 1. The first-order valence-corrected chi connectivity index (χ1v) is 9.45. The molecule has 1 amide bonds. The summed E-state index contributed by atoms with van der Waals surface area (Å²) in [4.78, 5) is 23.4. The number of rotatable bonds is 7. The van der Waals surface area contributed by atoms with E-state index in [1.807, 2.05) is 69.1 Å². The van der Waals surface area contributed by atoms with Gasteiger partial charge in [-0.25, -0.2) is 4.98 Å². The highest BCUT2D eigenvalue weighted by molar-refractivity contribution is 5.92. The van der Waals surface area contributed by atoms with Gasteiger partial charge in [-0.3, -0.25) is 9.78 Å². The van der Waals surface area contributed by atoms with Gasteiger partial charge in [-0.05, 0) is 62.7 Å².